The van der Waals surface area contributed by atoms with Crippen molar-refractivity contribution in [2.75, 3.05) is 24.6 Å². The van der Waals surface area contributed by atoms with Gasteiger partial charge in [-0.25, -0.2) is 0 Å². The van der Waals surface area contributed by atoms with E-state index >= 15 is 0 Å². The largest absolute Gasteiger partial charge is 0.378 e. The minimum atomic E-state index is -0.130. The zero-order valence-corrected chi connectivity index (χ0v) is 15.6. The highest BCUT2D eigenvalue weighted by molar-refractivity contribution is 5.93. The zero-order valence-electron chi connectivity index (χ0n) is 15.6. The second kappa shape index (κ2) is 8.53. The van der Waals surface area contributed by atoms with Gasteiger partial charge in [0.25, 0.3) is 5.91 Å². The SMILES string of the molecule is O=C(NCc1ccccc1)c1cc(N2CCC(C3CCCO3)CC2)ccn1. The number of anilines is 1. The molecular weight excluding hydrogens is 338 g/mol. The molecule has 1 N–H and O–H groups in total. The van der Waals surface area contributed by atoms with E-state index in [1.807, 2.05) is 42.5 Å². The average molecular weight is 365 g/mol. The molecule has 1 aromatic carbocycles. The highest BCUT2D eigenvalue weighted by Gasteiger charge is 2.29. The van der Waals surface area contributed by atoms with Crippen LogP contribution in [0.4, 0.5) is 5.69 Å². The number of pyridine rings is 1. The molecule has 1 amide bonds. The summed E-state index contributed by atoms with van der Waals surface area (Å²) in [6.07, 6.45) is 6.93. The lowest BCUT2D eigenvalue weighted by molar-refractivity contribution is 0.0531. The van der Waals surface area contributed by atoms with Crippen LogP contribution in [-0.4, -0.2) is 36.7 Å². The fourth-order valence-corrected chi connectivity index (χ4v) is 4.11. The van der Waals surface area contributed by atoms with Crippen LogP contribution in [0.1, 0.15) is 41.7 Å². The molecule has 2 saturated heterocycles. The van der Waals surface area contributed by atoms with Crippen molar-refractivity contribution in [2.24, 2.45) is 5.92 Å². The first-order chi connectivity index (χ1) is 13.3. The third-order valence-corrected chi connectivity index (χ3v) is 5.67. The Morgan fingerprint density at radius 1 is 1.15 bits per heavy atom. The van der Waals surface area contributed by atoms with E-state index in [9.17, 15) is 4.79 Å². The number of rotatable bonds is 5. The van der Waals surface area contributed by atoms with Gasteiger partial charge < -0.3 is 15.0 Å². The van der Waals surface area contributed by atoms with E-state index in [0.29, 0.717) is 24.3 Å². The van der Waals surface area contributed by atoms with Crippen LogP contribution in [0.3, 0.4) is 0 Å². The molecule has 5 nitrogen and oxygen atoms in total. The zero-order chi connectivity index (χ0) is 18.5. The molecule has 27 heavy (non-hydrogen) atoms. The Morgan fingerprint density at radius 2 is 1.96 bits per heavy atom. The van der Waals surface area contributed by atoms with Gasteiger partial charge in [-0.3, -0.25) is 9.78 Å². The van der Waals surface area contributed by atoms with E-state index in [0.717, 1.165) is 43.8 Å². The first-order valence-corrected chi connectivity index (χ1v) is 9.94. The Balaban J connectivity index is 1.34. The summed E-state index contributed by atoms with van der Waals surface area (Å²) in [6.45, 7) is 3.47. The summed E-state index contributed by atoms with van der Waals surface area (Å²) in [7, 11) is 0. The van der Waals surface area contributed by atoms with Gasteiger partial charge in [0.2, 0.25) is 0 Å². The summed E-state index contributed by atoms with van der Waals surface area (Å²) in [4.78, 5) is 19.1. The van der Waals surface area contributed by atoms with E-state index < -0.39 is 0 Å². The van der Waals surface area contributed by atoms with Crippen molar-refractivity contribution in [1.29, 1.82) is 0 Å². The Morgan fingerprint density at radius 3 is 2.70 bits per heavy atom. The Bertz CT molecular complexity index is 751. The van der Waals surface area contributed by atoms with Crippen LogP contribution in [0.5, 0.6) is 0 Å². The summed E-state index contributed by atoms with van der Waals surface area (Å²) in [5.74, 6) is 0.550. The van der Waals surface area contributed by atoms with E-state index in [4.69, 9.17) is 4.74 Å². The minimum absolute atomic E-state index is 0.130. The number of amides is 1. The van der Waals surface area contributed by atoms with Crippen LogP contribution in [-0.2, 0) is 11.3 Å². The maximum atomic E-state index is 12.5. The number of carbonyl (C=O) groups is 1. The van der Waals surface area contributed by atoms with Crippen LogP contribution in [0, 0.1) is 5.92 Å². The van der Waals surface area contributed by atoms with Gasteiger partial charge >= 0.3 is 0 Å². The molecule has 2 aromatic rings. The number of piperidine rings is 1. The molecule has 1 unspecified atom stereocenters. The molecule has 0 aliphatic carbocycles. The summed E-state index contributed by atoms with van der Waals surface area (Å²) in [5, 5.41) is 2.95. The molecule has 1 aromatic heterocycles. The van der Waals surface area contributed by atoms with E-state index in [1.54, 1.807) is 6.20 Å². The molecule has 2 aliphatic heterocycles. The number of nitrogens with zero attached hydrogens (tertiary/aromatic N) is 2. The van der Waals surface area contributed by atoms with Crippen molar-refractivity contribution in [3.05, 3.63) is 59.9 Å². The smallest absolute Gasteiger partial charge is 0.270 e. The number of hydrogen-bond donors (Lipinski definition) is 1. The molecule has 5 heteroatoms. The molecule has 1 atom stereocenters. The normalized spacial score (nSPS) is 20.6. The number of aromatic nitrogens is 1. The van der Waals surface area contributed by atoms with Crippen molar-refractivity contribution >= 4 is 11.6 Å². The van der Waals surface area contributed by atoms with Crippen LogP contribution >= 0.6 is 0 Å². The summed E-state index contributed by atoms with van der Waals surface area (Å²) >= 11 is 0. The summed E-state index contributed by atoms with van der Waals surface area (Å²) < 4.78 is 5.87. The van der Waals surface area contributed by atoms with E-state index in [2.05, 4.69) is 15.2 Å². The fourth-order valence-electron chi connectivity index (χ4n) is 4.11. The van der Waals surface area contributed by atoms with Crippen molar-refractivity contribution < 1.29 is 9.53 Å². The van der Waals surface area contributed by atoms with Gasteiger partial charge in [-0.15, -0.1) is 0 Å². The quantitative estimate of drug-likeness (QED) is 0.882. The van der Waals surface area contributed by atoms with Gasteiger partial charge in [0.1, 0.15) is 5.69 Å². The molecule has 0 bridgehead atoms. The highest BCUT2D eigenvalue weighted by atomic mass is 16.5. The molecule has 3 heterocycles. The summed E-state index contributed by atoms with van der Waals surface area (Å²) in [6, 6.07) is 13.8. The Hall–Kier alpha value is -2.40. The lowest BCUT2D eigenvalue weighted by Gasteiger charge is -2.35. The molecule has 2 fully saturated rings. The maximum Gasteiger partial charge on any atom is 0.270 e. The van der Waals surface area contributed by atoms with Gasteiger partial charge in [0.15, 0.2) is 0 Å². The predicted molar refractivity (Wildman–Crippen MR) is 106 cm³/mol. The molecule has 0 radical (unpaired) electrons. The van der Waals surface area contributed by atoms with E-state index in [1.165, 1.54) is 12.8 Å². The van der Waals surface area contributed by atoms with Crippen LogP contribution in [0.25, 0.3) is 0 Å². The van der Waals surface area contributed by atoms with Gasteiger partial charge in [-0.1, -0.05) is 30.3 Å². The number of hydrogen-bond acceptors (Lipinski definition) is 4. The van der Waals surface area contributed by atoms with Crippen molar-refractivity contribution in [1.82, 2.24) is 10.3 Å². The monoisotopic (exact) mass is 365 g/mol. The predicted octanol–water partition coefficient (Wildman–Crippen LogP) is 3.41. The lowest BCUT2D eigenvalue weighted by Crippen LogP contribution is -2.37. The molecule has 0 saturated carbocycles. The Kier molecular flexibility index (Phi) is 5.68. The number of ether oxygens (including phenoxy) is 1. The molecule has 4 rings (SSSR count). The topological polar surface area (TPSA) is 54.5 Å². The first-order valence-electron chi connectivity index (χ1n) is 9.94. The molecular formula is C22H27N3O2. The molecule has 2 aliphatic rings. The third-order valence-electron chi connectivity index (χ3n) is 5.67. The van der Waals surface area contributed by atoms with Crippen LogP contribution < -0.4 is 10.2 Å². The van der Waals surface area contributed by atoms with Crippen LogP contribution in [0.15, 0.2) is 48.7 Å². The fraction of sp³-hybridized carbons (Fsp3) is 0.455. The van der Waals surface area contributed by atoms with Gasteiger partial charge in [-0.2, -0.15) is 0 Å². The van der Waals surface area contributed by atoms with Gasteiger partial charge in [0.05, 0.1) is 6.10 Å². The standard InChI is InChI=1S/C22H27N3O2/c26-22(24-16-17-5-2-1-3-6-17)20-15-19(8-11-23-20)25-12-9-18(10-13-25)21-7-4-14-27-21/h1-3,5-6,8,11,15,18,21H,4,7,9-10,12-14,16H2,(H,24,26). The average Bonchev–Trinajstić information content (AvgIpc) is 3.28. The third kappa shape index (κ3) is 4.48. The van der Waals surface area contributed by atoms with Gasteiger partial charge in [-0.05, 0) is 49.3 Å². The number of nitrogens with one attached hydrogen (secondary N) is 1. The molecule has 142 valence electrons. The van der Waals surface area contributed by atoms with Gasteiger partial charge in [0, 0.05) is 38.1 Å². The van der Waals surface area contributed by atoms with Crippen LogP contribution in [0.2, 0.25) is 0 Å². The lowest BCUT2D eigenvalue weighted by atomic mass is 9.89. The van der Waals surface area contributed by atoms with E-state index in [-0.39, 0.29) is 5.91 Å². The highest BCUT2D eigenvalue weighted by Crippen LogP contribution is 2.30. The second-order valence-electron chi connectivity index (χ2n) is 7.44. The Labute approximate surface area is 160 Å². The van der Waals surface area contributed by atoms with Crippen molar-refractivity contribution in [3.8, 4) is 0 Å². The second-order valence-corrected chi connectivity index (χ2v) is 7.44. The van der Waals surface area contributed by atoms with Crippen molar-refractivity contribution in [3.63, 3.8) is 0 Å². The van der Waals surface area contributed by atoms with Crippen molar-refractivity contribution in [2.45, 2.75) is 38.3 Å². The number of carbonyl (C=O) groups excluding carboxylic acids is 1. The molecule has 0 spiro atoms. The summed E-state index contributed by atoms with van der Waals surface area (Å²) in [5.41, 5.74) is 2.64. The number of benzene rings is 1. The first kappa shape index (κ1) is 18.0. The maximum absolute atomic E-state index is 12.5. The minimum Gasteiger partial charge on any atom is -0.378 e.